The number of amides is 1. The quantitative estimate of drug-likeness (QED) is 0.282. The van der Waals surface area contributed by atoms with Crippen molar-refractivity contribution in [1.29, 1.82) is 0 Å². The Bertz CT molecular complexity index is 1120. The minimum Gasteiger partial charge on any atom is -0.337 e. The van der Waals surface area contributed by atoms with Crippen LogP contribution < -0.4 is 0 Å². The molecule has 0 radical (unpaired) electrons. The van der Waals surface area contributed by atoms with Crippen LogP contribution in [0.5, 0.6) is 0 Å². The van der Waals surface area contributed by atoms with E-state index in [0.29, 0.717) is 6.54 Å². The van der Waals surface area contributed by atoms with Crippen LogP contribution in [-0.4, -0.2) is 28.3 Å². The van der Waals surface area contributed by atoms with Crippen molar-refractivity contribution in [3.05, 3.63) is 144 Å². The second kappa shape index (κ2) is 11.8. The summed E-state index contributed by atoms with van der Waals surface area (Å²) >= 11 is 0. The largest absolute Gasteiger partial charge is 0.337 e. The predicted octanol–water partition coefficient (Wildman–Crippen LogP) is 6.35. The van der Waals surface area contributed by atoms with Gasteiger partial charge in [-0.1, -0.05) is 121 Å². The Balaban J connectivity index is 1.43. The number of carbonyl (C=O) groups excluding carboxylic acids is 1. The van der Waals surface area contributed by atoms with Gasteiger partial charge in [0.25, 0.3) is 0 Å². The SMILES string of the molecule is O=C1[C@@H](Cc2ccccc2)C[C@H](N(Cc2ccccc2)Cc2ccccc2)CN1Cc1ccccc1. The van der Waals surface area contributed by atoms with E-state index >= 15 is 0 Å². The van der Waals surface area contributed by atoms with Crippen molar-refractivity contribution in [1.82, 2.24) is 9.80 Å². The lowest BCUT2D eigenvalue weighted by Crippen LogP contribution is -2.53. The van der Waals surface area contributed by atoms with E-state index in [1.165, 1.54) is 22.3 Å². The van der Waals surface area contributed by atoms with Gasteiger partial charge in [-0.2, -0.15) is 0 Å². The molecule has 5 rings (SSSR count). The molecule has 182 valence electrons. The molecule has 0 aromatic heterocycles. The maximum absolute atomic E-state index is 13.7. The number of hydrogen-bond donors (Lipinski definition) is 0. The monoisotopic (exact) mass is 474 g/mol. The summed E-state index contributed by atoms with van der Waals surface area (Å²) in [7, 11) is 0. The summed E-state index contributed by atoms with van der Waals surface area (Å²) in [5.41, 5.74) is 5.02. The molecule has 2 atom stereocenters. The van der Waals surface area contributed by atoms with Gasteiger partial charge in [0.15, 0.2) is 0 Å². The first-order valence-electron chi connectivity index (χ1n) is 12.9. The molecule has 36 heavy (non-hydrogen) atoms. The van der Waals surface area contributed by atoms with Gasteiger partial charge in [0.1, 0.15) is 0 Å². The summed E-state index contributed by atoms with van der Waals surface area (Å²) in [5, 5.41) is 0. The zero-order chi connectivity index (χ0) is 24.6. The van der Waals surface area contributed by atoms with Crippen molar-refractivity contribution in [2.75, 3.05) is 6.54 Å². The summed E-state index contributed by atoms with van der Waals surface area (Å²) in [6.07, 6.45) is 1.66. The summed E-state index contributed by atoms with van der Waals surface area (Å²) in [6.45, 7) is 3.14. The highest BCUT2D eigenvalue weighted by molar-refractivity contribution is 5.80. The molecule has 1 aliphatic heterocycles. The summed E-state index contributed by atoms with van der Waals surface area (Å²) in [6, 6.07) is 42.5. The molecule has 0 saturated carbocycles. The molecule has 4 aromatic rings. The van der Waals surface area contributed by atoms with E-state index in [4.69, 9.17) is 0 Å². The Morgan fingerprint density at radius 1 is 0.611 bits per heavy atom. The first kappa shape index (κ1) is 24.0. The molecule has 0 N–H and O–H groups in total. The van der Waals surface area contributed by atoms with Crippen LogP contribution in [0.1, 0.15) is 28.7 Å². The number of hydrogen-bond acceptors (Lipinski definition) is 2. The van der Waals surface area contributed by atoms with Crippen LogP contribution in [0, 0.1) is 5.92 Å². The smallest absolute Gasteiger partial charge is 0.226 e. The lowest BCUT2D eigenvalue weighted by atomic mass is 9.86. The van der Waals surface area contributed by atoms with Gasteiger partial charge in [-0.05, 0) is 35.1 Å². The summed E-state index contributed by atoms with van der Waals surface area (Å²) in [4.78, 5) is 18.4. The average molecular weight is 475 g/mol. The highest BCUT2D eigenvalue weighted by Gasteiger charge is 2.37. The van der Waals surface area contributed by atoms with Crippen LogP contribution in [0.3, 0.4) is 0 Å². The molecule has 0 spiro atoms. The van der Waals surface area contributed by atoms with Crippen LogP contribution in [0.2, 0.25) is 0 Å². The normalized spacial score (nSPS) is 17.9. The van der Waals surface area contributed by atoms with Gasteiger partial charge in [-0.3, -0.25) is 9.69 Å². The molecule has 1 heterocycles. The Hall–Kier alpha value is -3.69. The van der Waals surface area contributed by atoms with E-state index in [0.717, 1.165) is 32.5 Å². The van der Waals surface area contributed by atoms with Crippen LogP contribution in [0.15, 0.2) is 121 Å². The van der Waals surface area contributed by atoms with Gasteiger partial charge < -0.3 is 4.90 Å². The van der Waals surface area contributed by atoms with E-state index in [-0.39, 0.29) is 17.9 Å². The van der Waals surface area contributed by atoms with Crippen molar-refractivity contribution in [3.63, 3.8) is 0 Å². The highest BCUT2D eigenvalue weighted by atomic mass is 16.2. The van der Waals surface area contributed by atoms with E-state index in [9.17, 15) is 4.79 Å². The molecule has 1 aliphatic rings. The number of nitrogens with zero attached hydrogens (tertiary/aromatic N) is 2. The third kappa shape index (κ3) is 6.30. The van der Waals surface area contributed by atoms with Crippen LogP contribution in [0.25, 0.3) is 0 Å². The zero-order valence-corrected chi connectivity index (χ0v) is 20.7. The molecule has 0 bridgehead atoms. The fourth-order valence-electron chi connectivity index (χ4n) is 5.34. The first-order chi connectivity index (χ1) is 17.7. The molecule has 3 nitrogen and oxygen atoms in total. The maximum atomic E-state index is 13.7. The molecule has 4 aromatic carbocycles. The molecule has 0 unspecified atom stereocenters. The highest BCUT2D eigenvalue weighted by Crippen LogP contribution is 2.29. The van der Waals surface area contributed by atoms with E-state index in [1.807, 2.05) is 12.1 Å². The van der Waals surface area contributed by atoms with Crippen LogP contribution >= 0.6 is 0 Å². The molecular formula is C33H34N2O. The molecular weight excluding hydrogens is 440 g/mol. The van der Waals surface area contributed by atoms with E-state index in [2.05, 4.69) is 119 Å². The van der Waals surface area contributed by atoms with Crippen LogP contribution in [-0.2, 0) is 30.8 Å². The zero-order valence-electron chi connectivity index (χ0n) is 20.7. The molecule has 1 amide bonds. The maximum Gasteiger partial charge on any atom is 0.226 e. The Kier molecular flexibility index (Phi) is 7.89. The number of piperidine rings is 1. The van der Waals surface area contributed by atoms with Gasteiger partial charge in [-0.25, -0.2) is 0 Å². The Labute approximate surface area is 215 Å². The standard InChI is InChI=1S/C33H34N2O/c36-33-31(21-27-13-5-1-6-14-27)22-32(26-35(33)25-30-19-11-4-12-20-30)34(23-28-15-7-2-8-16-28)24-29-17-9-3-10-18-29/h1-20,31-32H,21-26H2/t31-,32-/m0/s1. The summed E-state index contributed by atoms with van der Waals surface area (Å²) in [5.74, 6) is 0.252. The fourth-order valence-corrected chi connectivity index (χ4v) is 5.34. The number of carbonyl (C=O) groups is 1. The van der Waals surface area contributed by atoms with Crippen molar-refractivity contribution >= 4 is 5.91 Å². The molecule has 0 aliphatic carbocycles. The molecule has 1 saturated heterocycles. The summed E-state index contributed by atoms with van der Waals surface area (Å²) < 4.78 is 0. The fraction of sp³-hybridized carbons (Fsp3) is 0.242. The van der Waals surface area contributed by atoms with E-state index < -0.39 is 0 Å². The van der Waals surface area contributed by atoms with Crippen molar-refractivity contribution in [3.8, 4) is 0 Å². The minimum absolute atomic E-state index is 0.0242. The van der Waals surface area contributed by atoms with E-state index in [1.54, 1.807) is 0 Å². The van der Waals surface area contributed by atoms with Crippen molar-refractivity contribution < 1.29 is 4.79 Å². The minimum atomic E-state index is -0.0242. The van der Waals surface area contributed by atoms with Gasteiger partial charge in [0.2, 0.25) is 5.91 Å². The topological polar surface area (TPSA) is 23.6 Å². The van der Waals surface area contributed by atoms with Crippen molar-refractivity contribution in [2.24, 2.45) is 5.92 Å². The third-order valence-electron chi connectivity index (χ3n) is 7.16. The Morgan fingerprint density at radius 2 is 1.06 bits per heavy atom. The van der Waals surface area contributed by atoms with Gasteiger partial charge >= 0.3 is 0 Å². The molecule has 3 heteroatoms. The number of benzene rings is 4. The van der Waals surface area contributed by atoms with Crippen molar-refractivity contribution in [2.45, 2.75) is 38.5 Å². The number of likely N-dealkylation sites (tertiary alicyclic amines) is 1. The van der Waals surface area contributed by atoms with Gasteiger partial charge in [0, 0.05) is 38.1 Å². The number of rotatable bonds is 9. The van der Waals surface area contributed by atoms with Gasteiger partial charge in [0.05, 0.1) is 0 Å². The lowest BCUT2D eigenvalue weighted by molar-refractivity contribution is -0.142. The Morgan fingerprint density at radius 3 is 1.56 bits per heavy atom. The predicted molar refractivity (Wildman–Crippen MR) is 146 cm³/mol. The van der Waals surface area contributed by atoms with Crippen LogP contribution in [0.4, 0.5) is 0 Å². The van der Waals surface area contributed by atoms with Gasteiger partial charge in [-0.15, -0.1) is 0 Å². The second-order valence-electron chi connectivity index (χ2n) is 9.86. The average Bonchev–Trinajstić information content (AvgIpc) is 2.93. The second-order valence-corrected chi connectivity index (χ2v) is 9.86. The first-order valence-corrected chi connectivity index (χ1v) is 12.9. The lowest BCUT2D eigenvalue weighted by Gasteiger charge is -2.43. The molecule has 1 fully saturated rings. The third-order valence-corrected chi connectivity index (χ3v) is 7.16.